The van der Waals surface area contributed by atoms with Gasteiger partial charge in [0.1, 0.15) is 16.4 Å². The Balaban J connectivity index is 1.75. The van der Waals surface area contributed by atoms with Crippen molar-refractivity contribution in [2.75, 3.05) is 7.11 Å². The van der Waals surface area contributed by atoms with Gasteiger partial charge in [0.05, 0.1) is 12.5 Å². The number of rotatable bonds is 4. The average molecular weight is 441 g/mol. The summed E-state index contributed by atoms with van der Waals surface area (Å²) in [6.07, 6.45) is 0.566. The Morgan fingerprint density at radius 2 is 1.93 bits per heavy atom. The van der Waals surface area contributed by atoms with Gasteiger partial charge >= 0.3 is 0 Å². The van der Waals surface area contributed by atoms with Gasteiger partial charge in [-0.25, -0.2) is 4.98 Å². The second-order valence-electron chi connectivity index (χ2n) is 6.35. The molecule has 0 saturated heterocycles. The molecule has 6 heteroatoms. The molecular formula is C21H17BrN2O2S. The molecular weight excluding hydrogens is 424 g/mol. The Bertz CT molecular complexity index is 1180. The smallest absolute Gasteiger partial charge is 0.260 e. The number of fused-ring (bicyclic) bond motifs is 1. The van der Waals surface area contributed by atoms with E-state index in [1.54, 1.807) is 7.11 Å². The largest absolute Gasteiger partial charge is 0.497 e. The van der Waals surface area contributed by atoms with E-state index in [0.717, 1.165) is 37.3 Å². The van der Waals surface area contributed by atoms with E-state index in [2.05, 4.69) is 32.0 Å². The van der Waals surface area contributed by atoms with Crippen molar-refractivity contribution in [1.82, 2.24) is 9.97 Å². The standard InChI is InChI=1S/C21H17BrN2O2S/c1-12-3-8-17(22)15(9-12)16-11-27-21-19(16)20(25)23-18(24-21)10-13-4-6-14(26-2)7-5-13/h3-9,11H,10H2,1-2H3,(H,23,24,25). The van der Waals surface area contributed by atoms with Gasteiger partial charge in [-0.2, -0.15) is 0 Å². The fourth-order valence-electron chi connectivity index (χ4n) is 3.06. The maximum Gasteiger partial charge on any atom is 0.260 e. The molecule has 0 saturated carbocycles. The summed E-state index contributed by atoms with van der Waals surface area (Å²) in [5.41, 5.74) is 4.03. The van der Waals surface area contributed by atoms with Crippen LogP contribution in [0.15, 0.2) is 57.1 Å². The van der Waals surface area contributed by atoms with Crippen LogP contribution in [0.2, 0.25) is 0 Å². The molecule has 0 unspecified atom stereocenters. The lowest BCUT2D eigenvalue weighted by Crippen LogP contribution is -2.11. The van der Waals surface area contributed by atoms with Crippen molar-refractivity contribution in [3.8, 4) is 16.9 Å². The predicted octanol–water partition coefficient (Wildman–Crippen LogP) is 5.32. The first kappa shape index (κ1) is 17.9. The summed E-state index contributed by atoms with van der Waals surface area (Å²) in [6.45, 7) is 2.04. The lowest BCUT2D eigenvalue weighted by Gasteiger charge is -2.06. The Hall–Kier alpha value is -2.44. The molecule has 0 aliphatic rings. The second kappa shape index (κ2) is 7.29. The number of hydrogen-bond acceptors (Lipinski definition) is 4. The number of nitrogens with one attached hydrogen (secondary N) is 1. The first-order valence-electron chi connectivity index (χ1n) is 8.45. The number of aryl methyl sites for hydroxylation is 1. The Kier molecular flexibility index (Phi) is 4.85. The van der Waals surface area contributed by atoms with Crippen LogP contribution in [-0.2, 0) is 6.42 Å². The zero-order chi connectivity index (χ0) is 19.0. The molecule has 2 heterocycles. The minimum atomic E-state index is -0.104. The number of aromatic nitrogens is 2. The van der Waals surface area contributed by atoms with Gasteiger partial charge in [-0.3, -0.25) is 4.79 Å². The van der Waals surface area contributed by atoms with Crippen LogP contribution in [-0.4, -0.2) is 17.1 Å². The summed E-state index contributed by atoms with van der Waals surface area (Å²) in [5, 5.41) is 2.65. The van der Waals surface area contributed by atoms with E-state index in [-0.39, 0.29) is 5.56 Å². The predicted molar refractivity (Wildman–Crippen MR) is 114 cm³/mol. The van der Waals surface area contributed by atoms with Gasteiger partial charge in [-0.05, 0) is 36.2 Å². The van der Waals surface area contributed by atoms with Crippen LogP contribution in [0.1, 0.15) is 17.0 Å². The third-order valence-corrected chi connectivity index (χ3v) is 6.00. The van der Waals surface area contributed by atoms with Crippen molar-refractivity contribution in [2.45, 2.75) is 13.3 Å². The molecule has 0 bridgehead atoms. The van der Waals surface area contributed by atoms with Crippen LogP contribution in [0.4, 0.5) is 0 Å². The average Bonchev–Trinajstić information content (AvgIpc) is 3.08. The van der Waals surface area contributed by atoms with Crippen molar-refractivity contribution in [3.05, 3.63) is 79.6 Å². The topological polar surface area (TPSA) is 55.0 Å². The van der Waals surface area contributed by atoms with Gasteiger partial charge in [-0.15, -0.1) is 11.3 Å². The Labute approximate surface area is 169 Å². The number of nitrogens with zero attached hydrogens (tertiary/aromatic N) is 1. The Morgan fingerprint density at radius 3 is 2.67 bits per heavy atom. The maximum atomic E-state index is 12.8. The molecule has 0 amide bonds. The highest BCUT2D eigenvalue weighted by Gasteiger charge is 2.15. The fraction of sp³-hybridized carbons (Fsp3) is 0.143. The van der Waals surface area contributed by atoms with Crippen LogP contribution in [0, 0.1) is 6.92 Å². The molecule has 4 aromatic rings. The van der Waals surface area contributed by atoms with Crippen LogP contribution >= 0.6 is 27.3 Å². The highest BCUT2D eigenvalue weighted by Crippen LogP contribution is 2.35. The molecule has 0 radical (unpaired) electrons. The van der Waals surface area contributed by atoms with E-state index in [0.29, 0.717) is 17.6 Å². The molecule has 0 atom stereocenters. The van der Waals surface area contributed by atoms with E-state index >= 15 is 0 Å². The lowest BCUT2D eigenvalue weighted by atomic mass is 10.0. The van der Waals surface area contributed by atoms with Gasteiger partial charge < -0.3 is 9.72 Å². The summed E-state index contributed by atoms with van der Waals surface area (Å²) in [6, 6.07) is 13.9. The molecule has 0 spiro atoms. The molecule has 0 fully saturated rings. The molecule has 2 aromatic carbocycles. The molecule has 136 valence electrons. The zero-order valence-corrected chi connectivity index (χ0v) is 17.3. The third kappa shape index (κ3) is 3.55. The van der Waals surface area contributed by atoms with Gasteiger partial charge in [0.25, 0.3) is 5.56 Å². The maximum absolute atomic E-state index is 12.8. The molecule has 27 heavy (non-hydrogen) atoms. The summed E-state index contributed by atoms with van der Waals surface area (Å²) in [4.78, 5) is 21.2. The fourth-order valence-corrected chi connectivity index (χ4v) is 4.48. The second-order valence-corrected chi connectivity index (χ2v) is 8.06. The van der Waals surface area contributed by atoms with Crippen LogP contribution in [0.25, 0.3) is 21.3 Å². The number of methoxy groups -OCH3 is 1. The van der Waals surface area contributed by atoms with Crippen LogP contribution < -0.4 is 10.3 Å². The van der Waals surface area contributed by atoms with Crippen molar-refractivity contribution >= 4 is 37.5 Å². The van der Waals surface area contributed by atoms with Gasteiger partial charge in [0.15, 0.2) is 0 Å². The number of benzene rings is 2. The first-order chi connectivity index (χ1) is 13.0. The van der Waals surface area contributed by atoms with Crippen molar-refractivity contribution in [2.24, 2.45) is 0 Å². The number of thiophene rings is 1. The van der Waals surface area contributed by atoms with E-state index in [4.69, 9.17) is 4.74 Å². The SMILES string of the molecule is COc1ccc(Cc2nc3scc(-c4cc(C)ccc4Br)c3c(=O)[nH]2)cc1. The number of ether oxygens (including phenoxy) is 1. The third-order valence-electron chi connectivity index (χ3n) is 4.44. The normalized spacial score (nSPS) is 11.1. The summed E-state index contributed by atoms with van der Waals surface area (Å²) in [7, 11) is 1.64. The van der Waals surface area contributed by atoms with E-state index in [1.807, 2.05) is 48.7 Å². The van der Waals surface area contributed by atoms with Gasteiger partial charge in [-0.1, -0.05) is 45.8 Å². The number of H-pyrrole nitrogens is 1. The minimum Gasteiger partial charge on any atom is -0.497 e. The van der Waals surface area contributed by atoms with Gasteiger partial charge in [0.2, 0.25) is 0 Å². The van der Waals surface area contributed by atoms with Crippen molar-refractivity contribution < 1.29 is 4.74 Å². The van der Waals surface area contributed by atoms with Crippen LogP contribution in [0.3, 0.4) is 0 Å². The summed E-state index contributed by atoms with van der Waals surface area (Å²) < 4.78 is 6.15. The number of halogens is 1. The van der Waals surface area contributed by atoms with Crippen molar-refractivity contribution in [3.63, 3.8) is 0 Å². The Morgan fingerprint density at radius 1 is 1.15 bits per heavy atom. The van der Waals surface area contributed by atoms with Crippen LogP contribution in [0.5, 0.6) is 5.75 Å². The quantitative estimate of drug-likeness (QED) is 0.466. The van der Waals surface area contributed by atoms with E-state index in [9.17, 15) is 4.79 Å². The molecule has 0 aliphatic heterocycles. The molecule has 1 N–H and O–H groups in total. The minimum absolute atomic E-state index is 0.104. The van der Waals surface area contributed by atoms with Gasteiger partial charge in [0, 0.05) is 21.8 Å². The lowest BCUT2D eigenvalue weighted by molar-refractivity contribution is 0.414. The zero-order valence-electron chi connectivity index (χ0n) is 14.9. The van der Waals surface area contributed by atoms with E-state index in [1.165, 1.54) is 11.3 Å². The molecule has 2 aromatic heterocycles. The van der Waals surface area contributed by atoms with Crippen molar-refractivity contribution in [1.29, 1.82) is 0 Å². The molecule has 4 nitrogen and oxygen atoms in total. The highest BCUT2D eigenvalue weighted by atomic mass is 79.9. The summed E-state index contributed by atoms with van der Waals surface area (Å²) in [5.74, 6) is 1.47. The monoisotopic (exact) mass is 440 g/mol. The molecule has 4 rings (SSSR count). The highest BCUT2D eigenvalue weighted by molar-refractivity contribution is 9.10. The number of aromatic amines is 1. The summed E-state index contributed by atoms with van der Waals surface area (Å²) >= 11 is 5.09. The van der Waals surface area contributed by atoms with E-state index < -0.39 is 0 Å². The number of hydrogen-bond donors (Lipinski definition) is 1. The first-order valence-corrected chi connectivity index (χ1v) is 10.1. The molecule has 0 aliphatic carbocycles.